The number of hydrogen-bond acceptors (Lipinski definition) is 5. The Hall–Kier alpha value is -3.67. The first-order valence-electron chi connectivity index (χ1n) is 8.33. The highest BCUT2D eigenvalue weighted by molar-refractivity contribution is 5.81. The minimum atomic E-state index is -0.539. The number of aromatic nitrogens is 2. The van der Waals surface area contributed by atoms with Crippen LogP contribution in [0.2, 0.25) is 0 Å². The Kier molecular flexibility index (Phi) is 4.53. The van der Waals surface area contributed by atoms with Gasteiger partial charge in [0.2, 0.25) is 0 Å². The lowest BCUT2D eigenvalue weighted by Gasteiger charge is -2.10. The summed E-state index contributed by atoms with van der Waals surface area (Å²) in [5.41, 5.74) is 8.06. The van der Waals surface area contributed by atoms with Gasteiger partial charge in [0.1, 0.15) is 17.9 Å². The van der Waals surface area contributed by atoms with Gasteiger partial charge < -0.3 is 15.2 Å². The number of nitrogens with two attached hydrogens (primary N) is 1. The van der Waals surface area contributed by atoms with Crippen LogP contribution in [0, 0.1) is 5.82 Å². The average Bonchev–Trinajstić information content (AvgIpc) is 2.69. The Bertz CT molecular complexity index is 1090. The Morgan fingerprint density at radius 3 is 2.59 bits per heavy atom. The molecule has 0 saturated heterocycles. The summed E-state index contributed by atoms with van der Waals surface area (Å²) in [6, 6.07) is 17.5. The molecule has 0 aliphatic carbocycles. The molecule has 2 heterocycles. The Morgan fingerprint density at radius 1 is 0.926 bits per heavy atom. The van der Waals surface area contributed by atoms with Crippen molar-refractivity contribution in [3.8, 4) is 17.2 Å². The lowest BCUT2D eigenvalue weighted by molar-refractivity contribution is 0.305. The number of rotatable bonds is 5. The van der Waals surface area contributed by atoms with Crippen LogP contribution < -0.4 is 15.2 Å². The van der Waals surface area contributed by atoms with Gasteiger partial charge in [-0.3, -0.25) is 4.98 Å². The van der Waals surface area contributed by atoms with E-state index in [1.54, 1.807) is 30.6 Å². The molecule has 4 rings (SSSR count). The maximum atomic E-state index is 14.0. The fourth-order valence-corrected chi connectivity index (χ4v) is 2.61. The lowest BCUT2D eigenvalue weighted by atomic mass is 10.2. The summed E-state index contributed by atoms with van der Waals surface area (Å²) in [7, 11) is 0. The molecule has 0 saturated carbocycles. The molecule has 0 aliphatic rings. The number of halogens is 1. The van der Waals surface area contributed by atoms with Crippen molar-refractivity contribution in [3.05, 3.63) is 84.4 Å². The summed E-state index contributed by atoms with van der Waals surface area (Å²) in [5.74, 6) is 0.527. The van der Waals surface area contributed by atoms with E-state index in [0.717, 1.165) is 5.56 Å². The van der Waals surface area contributed by atoms with Crippen LogP contribution >= 0.6 is 0 Å². The average molecular weight is 361 g/mol. The van der Waals surface area contributed by atoms with Crippen LogP contribution in [0.4, 0.5) is 10.1 Å². The molecule has 2 N–H and O–H groups in total. The second-order valence-corrected chi connectivity index (χ2v) is 5.91. The molecule has 4 aromatic rings. The van der Waals surface area contributed by atoms with Gasteiger partial charge in [-0.25, -0.2) is 9.37 Å². The van der Waals surface area contributed by atoms with Crippen LogP contribution in [0.3, 0.4) is 0 Å². The number of nitrogens with zero attached hydrogens (tertiary/aromatic N) is 2. The summed E-state index contributed by atoms with van der Waals surface area (Å²) in [6.45, 7) is 0.431. The van der Waals surface area contributed by atoms with Crippen molar-refractivity contribution >= 4 is 16.7 Å². The van der Waals surface area contributed by atoms with E-state index in [9.17, 15) is 4.39 Å². The van der Waals surface area contributed by atoms with Gasteiger partial charge in [0.15, 0.2) is 17.3 Å². The maximum absolute atomic E-state index is 14.0. The van der Waals surface area contributed by atoms with Gasteiger partial charge in [0.05, 0.1) is 11.7 Å². The molecule has 0 aliphatic heterocycles. The van der Waals surface area contributed by atoms with E-state index in [1.165, 1.54) is 12.1 Å². The number of nitrogen functional groups attached to an aromatic ring is 1. The van der Waals surface area contributed by atoms with Gasteiger partial charge in [-0.1, -0.05) is 30.3 Å². The molecular formula is C21H16FN3O2. The molecule has 0 atom stereocenters. The van der Waals surface area contributed by atoms with Crippen molar-refractivity contribution in [2.24, 2.45) is 0 Å². The molecule has 6 heteroatoms. The zero-order chi connectivity index (χ0) is 18.6. The van der Waals surface area contributed by atoms with Gasteiger partial charge in [-0.15, -0.1) is 0 Å². The van der Waals surface area contributed by atoms with Gasteiger partial charge in [0, 0.05) is 30.1 Å². The molecular weight excluding hydrogens is 345 g/mol. The lowest BCUT2D eigenvalue weighted by Crippen LogP contribution is -1.97. The van der Waals surface area contributed by atoms with E-state index in [1.807, 2.05) is 30.3 Å². The van der Waals surface area contributed by atoms with Crippen LogP contribution in [0.5, 0.6) is 17.2 Å². The normalized spacial score (nSPS) is 10.7. The highest BCUT2D eigenvalue weighted by atomic mass is 19.1. The van der Waals surface area contributed by atoms with E-state index in [-0.39, 0.29) is 5.75 Å². The molecule has 2 aromatic carbocycles. The first-order chi connectivity index (χ1) is 13.2. The number of anilines is 1. The highest BCUT2D eigenvalue weighted by Gasteiger charge is 2.11. The first kappa shape index (κ1) is 16.8. The van der Waals surface area contributed by atoms with E-state index >= 15 is 0 Å². The molecule has 0 fully saturated rings. The molecule has 2 aromatic heterocycles. The Morgan fingerprint density at radius 2 is 1.78 bits per heavy atom. The third kappa shape index (κ3) is 3.79. The molecule has 5 nitrogen and oxygen atoms in total. The second-order valence-electron chi connectivity index (χ2n) is 5.91. The van der Waals surface area contributed by atoms with Crippen LogP contribution in [-0.4, -0.2) is 9.97 Å². The smallest absolute Gasteiger partial charge is 0.167 e. The fraction of sp³-hybridized carbons (Fsp3) is 0.0476. The monoisotopic (exact) mass is 361 g/mol. The van der Waals surface area contributed by atoms with Crippen LogP contribution in [0.15, 0.2) is 73.1 Å². The van der Waals surface area contributed by atoms with Gasteiger partial charge in [0.25, 0.3) is 0 Å². The minimum absolute atomic E-state index is 0.0721. The predicted molar refractivity (Wildman–Crippen MR) is 101 cm³/mol. The summed E-state index contributed by atoms with van der Waals surface area (Å²) in [6.07, 6.45) is 3.18. The molecule has 0 radical (unpaired) electrons. The quantitative estimate of drug-likeness (QED) is 0.521. The molecule has 0 unspecified atom stereocenters. The zero-order valence-electron chi connectivity index (χ0n) is 14.3. The first-order valence-corrected chi connectivity index (χ1v) is 8.33. The number of fused-ring (bicyclic) bond motifs is 1. The van der Waals surface area contributed by atoms with E-state index < -0.39 is 5.82 Å². The number of pyridine rings is 2. The minimum Gasteiger partial charge on any atom is -0.487 e. The SMILES string of the molecule is Nc1ccc(Oc2ccnc3cc(OCc4ccccc4)cnc23)c(F)c1. The molecule has 27 heavy (non-hydrogen) atoms. The van der Waals surface area contributed by atoms with Gasteiger partial charge in [-0.2, -0.15) is 0 Å². The Balaban J connectivity index is 1.58. The fourth-order valence-electron chi connectivity index (χ4n) is 2.61. The Labute approximate surface area is 155 Å². The van der Waals surface area contributed by atoms with Crippen molar-refractivity contribution in [2.75, 3.05) is 5.73 Å². The molecule has 134 valence electrons. The summed E-state index contributed by atoms with van der Waals surface area (Å²) >= 11 is 0. The summed E-state index contributed by atoms with van der Waals surface area (Å²) in [5, 5.41) is 0. The topological polar surface area (TPSA) is 70.3 Å². The number of ether oxygens (including phenoxy) is 2. The summed E-state index contributed by atoms with van der Waals surface area (Å²) in [4.78, 5) is 8.68. The van der Waals surface area contributed by atoms with Crippen LogP contribution in [0.25, 0.3) is 11.0 Å². The van der Waals surface area contributed by atoms with E-state index in [0.29, 0.717) is 34.8 Å². The predicted octanol–water partition coefficient (Wildman–Crippen LogP) is 4.72. The van der Waals surface area contributed by atoms with Crippen molar-refractivity contribution in [3.63, 3.8) is 0 Å². The van der Waals surface area contributed by atoms with Crippen molar-refractivity contribution in [2.45, 2.75) is 6.61 Å². The summed E-state index contributed by atoms with van der Waals surface area (Å²) < 4.78 is 25.4. The number of benzene rings is 2. The van der Waals surface area contributed by atoms with E-state index in [4.69, 9.17) is 15.2 Å². The molecule has 0 spiro atoms. The van der Waals surface area contributed by atoms with Gasteiger partial charge in [-0.05, 0) is 17.7 Å². The van der Waals surface area contributed by atoms with Crippen molar-refractivity contribution < 1.29 is 13.9 Å². The second kappa shape index (κ2) is 7.29. The van der Waals surface area contributed by atoms with Crippen LogP contribution in [-0.2, 0) is 6.61 Å². The molecule has 0 bridgehead atoms. The maximum Gasteiger partial charge on any atom is 0.167 e. The van der Waals surface area contributed by atoms with Crippen molar-refractivity contribution in [1.29, 1.82) is 0 Å². The van der Waals surface area contributed by atoms with Crippen LogP contribution in [0.1, 0.15) is 5.56 Å². The number of hydrogen-bond donors (Lipinski definition) is 1. The van der Waals surface area contributed by atoms with E-state index in [2.05, 4.69) is 9.97 Å². The van der Waals surface area contributed by atoms with Crippen molar-refractivity contribution in [1.82, 2.24) is 9.97 Å². The largest absolute Gasteiger partial charge is 0.487 e. The third-order valence-electron chi connectivity index (χ3n) is 3.94. The highest BCUT2D eigenvalue weighted by Crippen LogP contribution is 2.31. The van der Waals surface area contributed by atoms with Gasteiger partial charge >= 0.3 is 0 Å². The standard InChI is InChI=1S/C21H16FN3O2/c22-17-10-15(23)6-7-19(17)27-20-8-9-24-18-11-16(12-25-21(18)20)26-13-14-4-2-1-3-5-14/h1-12H,13,23H2. The third-order valence-corrected chi connectivity index (χ3v) is 3.94. The molecule has 0 amide bonds. The zero-order valence-corrected chi connectivity index (χ0v) is 14.3.